The van der Waals surface area contributed by atoms with Crippen molar-refractivity contribution in [2.75, 3.05) is 13.1 Å². The number of nitrogens with one attached hydrogen (secondary N) is 1. The van der Waals surface area contributed by atoms with E-state index >= 15 is 0 Å². The number of benzene rings is 1. The van der Waals surface area contributed by atoms with Gasteiger partial charge in [-0.05, 0) is 38.0 Å². The minimum absolute atomic E-state index is 0.100. The first-order chi connectivity index (χ1) is 11.3. The molecule has 0 radical (unpaired) electrons. The van der Waals surface area contributed by atoms with E-state index in [1.807, 2.05) is 0 Å². The highest BCUT2D eigenvalue weighted by Crippen LogP contribution is 2.23. The van der Waals surface area contributed by atoms with Gasteiger partial charge in [0, 0.05) is 18.2 Å². The average Bonchev–Trinajstić information content (AvgIpc) is 2.54. The summed E-state index contributed by atoms with van der Waals surface area (Å²) in [7, 11) is 0. The Morgan fingerprint density at radius 3 is 2.62 bits per heavy atom. The summed E-state index contributed by atoms with van der Waals surface area (Å²) in [5.41, 5.74) is -0.100. The van der Waals surface area contributed by atoms with E-state index in [0.717, 1.165) is 18.2 Å². The fraction of sp³-hybridized carbons (Fsp3) is 0.438. The number of halogens is 2. The van der Waals surface area contributed by atoms with Gasteiger partial charge in [0.2, 0.25) is 5.91 Å². The summed E-state index contributed by atoms with van der Waals surface area (Å²) in [6.07, 6.45) is 1.08. The molecule has 130 valence electrons. The highest BCUT2D eigenvalue weighted by Gasteiger charge is 2.35. The zero-order valence-electron chi connectivity index (χ0n) is 13.1. The van der Waals surface area contributed by atoms with Crippen molar-refractivity contribution >= 4 is 17.8 Å². The number of rotatable bonds is 4. The number of hydrogen-bond donors (Lipinski definition) is 2. The van der Waals surface area contributed by atoms with Gasteiger partial charge in [-0.1, -0.05) is 0 Å². The van der Waals surface area contributed by atoms with Crippen LogP contribution in [0.15, 0.2) is 18.2 Å². The van der Waals surface area contributed by atoms with Crippen LogP contribution in [0.1, 0.15) is 30.1 Å². The number of likely N-dealkylation sites (tertiary alicyclic amines) is 1. The molecule has 8 heteroatoms. The topological polar surface area (TPSA) is 86.7 Å². The molecule has 24 heavy (non-hydrogen) atoms. The Hall–Kier alpha value is -2.51. The normalized spacial score (nSPS) is 20.5. The van der Waals surface area contributed by atoms with E-state index in [0.29, 0.717) is 19.4 Å². The first-order valence-corrected chi connectivity index (χ1v) is 7.56. The van der Waals surface area contributed by atoms with Crippen LogP contribution in [0.3, 0.4) is 0 Å². The van der Waals surface area contributed by atoms with Gasteiger partial charge >= 0.3 is 5.97 Å². The lowest BCUT2D eigenvalue weighted by Gasteiger charge is -2.37. The number of amides is 2. The van der Waals surface area contributed by atoms with E-state index in [4.69, 9.17) is 5.11 Å². The molecular formula is C16H18F2N2O4. The number of aliphatic carboxylic acids is 1. The van der Waals surface area contributed by atoms with Crippen LogP contribution in [0.2, 0.25) is 0 Å². The van der Waals surface area contributed by atoms with Crippen LogP contribution in [0.4, 0.5) is 8.78 Å². The molecule has 1 aliphatic rings. The number of piperidine rings is 1. The molecule has 2 atom stereocenters. The zero-order chi connectivity index (χ0) is 17.9. The van der Waals surface area contributed by atoms with E-state index in [9.17, 15) is 23.2 Å². The van der Waals surface area contributed by atoms with Crippen LogP contribution < -0.4 is 5.32 Å². The highest BCUT2D eigenvalue weighted by atomic mass is 19.2. The SMILES string of the molecule is C[C@@H]1[C@H](C(=O)O)CCCN1C(=O)CNC(=O)c1ccc(F)c(F)c1. The second-order valence-electron chi connectivity index (χ2n) is 5.73. The number of carbonyl (C=O) groups excluding carboxylic acids is 2. The van der Waals surface area contributed by atoms with Crippen molar-refractivity contribution in [1.29, 1.82) is 0 Å². The lowest BCUT2D eigenvalue weighted by molar-refractivity contribution is -0.148. The first kappa shape index (κ1) is 17.8. The molecule has 2 rings (SSSR count). The molecule has 1 saturated heterocycles. The van der Waals surface area contributed by atoms with Crippen LogP contribution >= 0.6 is 0 Å². The fourth-order valence-electron chi connectivity index (χ4n) is 2.82. The van der Waals surface area contributed by atoms with E-state index in [-0.39, 0.29) is 12.1 Å². The summed E-state index contributed by atoms with van der Waals surface area (Å²) < 4.78 is 26.0. The van der Waals surface area contributed by atoms with Crippen molar-refractivity contribution in [1.82, 2.24) is 10.2 Å². The molecule has 0 aliphatic carbocycles. The highest BCUT2D eigenvalue weighted by molar-refractivity contribution is 5.96. The molecule has 1 heterocycles. The monoisotopic (exact) mass is 340 g/mol. The van der Waals surface area contributed by atoms with Gasteiger partial charge in [0.15, 0.2) is 11.6 Å². The third-order valence-corrected chi connectivity index (χ3v) is 4.21. The number of carboxylic acid groups (broad SMARTS) is 1. The largest absolute Gasteiger partial charge is 0.481 e. The Bertz CT molecular complexity index is 665. The molecule has 0 unspecified atom stereocenters. The van der Waals surface area contributed by atoms with Crippen molar-refractivity contribution in [3.8, 4) is 0 Å². The minimum Gasteiger partial charge on any atom is -0.481 e. The third kappa shape index (κ3) is 3.87. The number of nitrogens with zero attached hydrogens (tertiary/aromatic N) is 1. The Morgan fingerprint density at radius 2 is 2.00 bits per heavy atom. The standard InChI is InChI=1S/C16H18F2N2O4/c1-9-11(16(23)24)3-2-6-20(9)14(21)8-19-15(22)10-4-5-12(17)13(18)7-10/h4-5,7,9,11H,2-3,6,8H2,1H3,(H,19,22)(H,23,24)/t9-,11-/m1/s1. The molecule has 0 bridgehead atoms. The number of carbonyl (C=O) groups is 3. The molecule has 2 amide bonds. The van der Waals surface area contributed by atoms with Crippen LogP contribution in [-0.2, 0) is 9.59 Å². The van der Waals surface area contributed by atoms with Gasteiger partial charge in [-0.3, -0.25) is 14.4 Å². The molecule has 2 N–H and O–H groups in total. The van der Waals surface area contributed by atoms with E-state index < -0.39 is 41.4 Å². The first-order valence-electron chi connectivity index (χ1n) is 7.56. The molecule has 0 spiro atoms. The Labute approximate surface area is 137 Å². The predicted octanol–water partition coefficient (Wildman–Crippen LogP) is 1.41. The lowest BCUT2D eigenvalue weighted by atomic mass is 9.90. The molecule has 1 fully saturated rings. The van der Waals surface area contributed by atoms with Gasteiger partial charge in [0.05, 0.1) is 12.5 Å². The average molecular weight is 340 g/mol. The van der Waals surface area contributed by atoms with Gasteiger partial charge in [0.1, 0.15) is 0 Å². The maximum absolute atomic E-state index is 13.1. The van der Waals surface area contributed by atoms with Crippen LogP contribution in [0, 0.1) is 17.6 Å². The molecule has 1 aromatic rings. The summed E-state index contributed by atoms with van der Waals surface area (Å²) in [5, 5.41) is 11.5. The zero-order valence-corrected chi connectivity index (χ0v) is 13.1. The Kier molecular flexibility index (Phi) is 5.48. The van der Waals surface area contributed by atoms with Gasteiger partial charge in [-0.2, -0.15) is 0 Å². The quantitative estimate of drug-likeness (QED) is 0.868. The Balaban J connectivity index is 1.95. The molecule has 1 aliphatic heterocycles. The van der Waals surface area contributed by atoms with Gasteiger partial charge in [-0.25, -0.2) is 8.78 Å². The summed E-state index contributed by atoms with van der Waals surface area (Å²) in [6.45, 7) is 1.74. The van der Waals surface area contributed by atoms with Crippen molar-refractivity contribution in [2.24, 2.45) is 5.92 Å². The van der Waals surface area contributed by atoms with Gasteiger partial charge in [0.25, 0.3) is 5.91 Å². The summed E-state index contributed by atoms with van der Waals surface area (Å²) in [4.78, 5) is 36.7. The van der Waals surface area contributed by atoms with Crippen molar-refractivity contribution < 1.29 is 28.3 Å². The maximum atomic E-state index is 13.1. The third-order valence-electron chi connectivity index (χ3n) is 4.21. The van der Waals surface area contributed by atoms with E-state index in [1.165, 1.54) is 4.90 Å². The van der Waals surface area contributed by atoms with Crippen LogP contribution in [0.5, 0.6) is 0 Å². The van der Waals surface area contributed by atoms with Crippen molar-refractivity contribution in [2.45, 2.75) is 25.8 Å². The van der Waals surface area contributed by atoms with Gasteiger partial charge < -0.3 is 15.3 Å². The fourth-order valence-corrected chi connectivity index (χ4v) is 2.82. The van der Waals surface area contributed by atoms with E-state index in [2.05, 4.69) is 5.32 Å². The summed E-state index contributed by atoms with van der Waals surface area (Å²) in [5.74, 6) is -4.92. The molecule has 6 nitrogen and oxygen atoms in total. The number of carboxylic acids is 1. The molecular weight excluding hydrogens is 322 g/mol. The molecule has 0 saturated carbocycles. The van der Waals surface area contributed by atoms with Crippen LogP contribution in [-0.4, -0.2) is 46.9 Å². The number of hydrogen-bond acceptors (Lipinski definition) is 3. The molecule has 0 aromatic heterocycles. The van der Waals surface area contributed by atoms with E-state index in [1.54, 1.807) is 6.92 Å². The van der Waals surface area contributed by atoms with Crippen molar-refractivity contribution in [3.05, 3.63) is 35.4 Å². The predicted molar refractivity (Wildman–Crippen MR) is 80.2 cm³/mol. The second-order valence-corrected chi connectivity index (χ2v) is 5.73. The second kappa shape index (κ2) is 7.37. The summed E-state index contributed by atoms with van der Waals surface area (Å²) in [6, 6.07) is 2.22. The summed E-state index contributed by atoms with van der Waals surface area (Å²) >= 11 is 0. The van der Waals surface area contributed by atoms with Crippen LogP contribution in [0.25, 0.3) is 0 Å². The van der Waals surface area contributed by atoms with Crippen molar-refractivity contribution in [3.63, 3.8) is 0 Å². The maximum Gasteiger partial charge on any atom is 0.308 e. The lowest BCUT2D eigenvalue weighted by Crippen LogP contribution is -2.51. The van der Waals surface area contributed by atoms with Gasteiger partial charge in [-0.15, -0.1) is 0 Å². The molecule has 1 aromatic carbocycles. The minimum atomic E-state index is -1.15. The Morgan fingerprint density at radius 1 is 1.29 bits per heavy atom. The smallest absolute Gasteiger partial charge is 0.308 e.